The molecule has 4 N–H and O–H groups in total. The van der Waals surface area contributed by atoms with Crippen LogP contribution in [0.3, 0.4) is 0 Å². The van der Waals surface area contributed by atoms with Gasteiger partial charge in [0.1, 0.15) is 6.04 Å². The van der Waals surface area contributed by atoms with Crippen molar-refractivity contribution in [2.24, 2.45) is 4.99 Å². The normalized spacial score (nSPS) is 14.5. The number of unbranched alkanes of at least 4 members (excludes halogenated alkanes) is 4. The maximum atomic E-state index is 11.6. The minimum Gasteiger partial charge on any atom is -0.862 e. The molecule has 0 aromatic heterocycles. The number of carboxylic acid groups (broad SMARTS) is 2. The minimum absolute atomic E-state index is 0. The standard InChI is InChI=1S/2C16H30N2O4.Ca/c2*1-4-5-6-7-8-9-15(20)17-10-11-18(12-13(2)19)14(3)16(21)22;/h2*7-8,13-14,19H,4-6,9-12H2,1-3H3,(H,17,20)(H,21,22);/q;;+2/p-2/b2*8-7+;. The Balaban J connectivity index is -0.000000767. The van der Waals surface area contributed by atoms with Gasteiger partial charge in [0.2, 0.25) is 5.91 Å². The zero-order valence-electron chi connectivity index (χ0n) is 28.4. The van der Waals surface area contributed by atoms with E-state index < -0.39 is 36.2 Å². The van der Waals surface area contributed by atoms with Crippen LogP contribution in [0.2, 0.25) is 0 Å². The van der Waals surface area contributed by atoms with E-state index in [1.807, 2.05) is 24.3 Å². The second-order valence-electron chi connectivity index (χ2n) is 11.0. The quantitative estimate of drug-likeness (QED) is 0.0376. The fourth-order valence-corrected chi connectivity index (χ4v) is 3.90. The number of carboxylic acids is 2. The van der Waals surface area contributed by atoms with Gasteiger partial charge in [0.05, 0.1) is 24.7 Å². The van der Waals surface area contributed by atoms with Gasteiger partial charge in [-0.1, -0.05) is 63.8 Å². The fourth-order valence-electron chi connectivity index (χ4n) is 3.90. The summed E-state index contributed by atoms with van der Waals surface area (Å²) in [6.45, 7) is 12.2. The van der Waals surface area contributed by atoms with Crippen molar-refractivity contribution in [1.82, 2.24) is 15.1 Å². The molecule has 0 heterocycles. The van der Waals surface area contributed by atoms with Crippen LogP contribution in [0.5, 0.6) is 0 Å². The number of hydrogen-bond acceptors (Lipinski definition) is 10. The predicted octanol–water partition coefficient (Wildman–Crippen LogP) is 0.717. The molecular weight excluding hydrogens is 608 g/mol. The van der Waals surface area contributed by atoms with Crippen LogP contribution in [-0.4, -0.2) is 150 Å². The monoisotopic (exact) mass is 666 g/mol. The number of amides is 1. The summed E-state index contributed by atoms with van der Waals surface area (Å²) >= 11 is 0. The van der Waals surface area contributed by atoms with Crippen molar-refractivity contribution < 1.29 is 39.9 Å². The molecule has 45 heavy (non-hydrogen) atoms. The van der Waals surface area contributed by atoms with E-state index >= 15 is 0 Å². The van der Waals surface area contributed by atoms with E-state index in [0.717, 1.165) is 38.5 Å². The Bertz CT molecular complexity index is 868. The number of nitrogens with one attached hydrogen (secondary N) is 1. The molecule has 0 saturated heterocycles. The van der Waals surface area contributed by atoms with Crippen molar-refractivity contribution in [3.05, 3.63) is 24.3 Å². The van der Waals surface area contributed by atoms with Crippen LogP contribution in [0.1, 0.15) is 92.9 Å². The van der Waals surface area contributed by atoms with E-state index in [0.29, 0.717) is 26.1 Å². The Morgan fingerprint density at radius 3 is 1.73 bits per heavy atom. The molecule has 0 saturated carbocycles. The summed E-state index contributed by atoms with van der Waals surface area (Å²) in [5.74, 6) is -2.43. The smallest absolute Gasteiger partial charge is 0.862 e. The van der Waals surface area contributed by atoms with Crippen molar-refractivity contribution in [2.45, 2.75) is 117 Å². The second-order valence-corrected chi connectivity index (χ2v) is 11.0. The van der Waals surface area contributed by atoms with Crippen LogP contribution in [0, 0.1) is 0 Å². The summed E-state index contributed by atoms with van der Waals surface area (Å²) in [4.78, 5) is 40.7. The fraction of sp³-hybridized carbons (Fsp3) is 0.750. The van der Waals surface area contributed by atoms with Crippen LogP contribution in [0.4, 0.5) is 0 Å². The van der Waals surface area contributed by atoms with Gasteiger partial charge < -0.3 is 40.6 Å². The number of aliphatic hydroxyl groups is 2. The topological polar surface area (TPSA) is 189 Å². The van der Waals surface area contributed by atoms with Crippen LogP contribution in [-0.2, 0) is 14.4 Å². The Hall–Kier alpha value is -1.54. The van der Waals surface area contributed by atoms with E-state index in [9.17, 15) is 34.8 Å². The first-order valence-electron chi connectivity index (χ1n) is 15.8. The minimum atomic E-state index is -1.20. The van der Waals surface area contributed by atoms with Gasteiger partial charge in [-0.15, -0.1) is 0 Å². The molecule has 0 aromatic rings. The number of aliphatic imine (C=N–C) groups is 1. The maximum absolute atomic E-state index is 11.6. The van der Waals surface area contributed by atoms with Crippen molar-refractivity contribution in [3.63, 3.8) is 0 Å². The van der Waals surface area contributed by atoms with Gasteiger partial charge in [0.25, 0.3) is 0 Å². The average Bonchev–Trinajstić information content (AvgIpc) is 2.94. The molecule has 0 aliphatic heterocycles. The molecule has 0 radical (unpaired) electrons. The van der Waals surface area contributed by atoms with Gasteiger partial charge in [0.15, 0.2) is 0 Å². The zero-order chi connectivity index (χ0) is 33.9. The largest absolute Gasteiger partial charge is 2.00 e. The van der Waals surface area contributed by atoms with Gasteiger partial charge in [-0.2, -0.15) is 0 Å². The average molecular weight is 667 g/mol. The molecule has 0 rings (SSSR count). The molecular formula is C32H58CaN4O8. The summed E-state index contributed by atoms with van der Waals surface area (Å²) < 4.78 is 0. The van der Waals surface area contributed by atoms with E-state index in [2.05, 4.69) is 24.2 Å². The maximum Gasteiger partial charge on any atom is 2.00 e. The Morgan fingerprint density at radius 1 is 0.800 bits per heavy atom. The first-order chi connectivity index (χ1) is 20.8. The third-order valence-electron chi connectivity index (χ3n) is 6.57. The van der Waals surface area contributed by atoms with Gasteiger partial charge in [0, 0.05) is 45.2 Å². The van der Waals surface area contributed by atoms with Crippen molar-refractivity contribution in [3.8, 4) is 0 Å². The molecule has 4 unspecified atom stereocenters. The molecule has 0 bridgehead atoms. The van der Waals surface area contributed by atoms with Crippen LogP contribution >= 0.6 is 0 Å². The van der Waals surface area contributed by atoms with Crippen molar-refractivity contribution >= 4 is 61.5 Å². The van der Waals surface area contributed by atoms with E-state index in [1.165, 1.54) is 6.92 Å². The predicted molar refractivity (Wildman–Crippen MR) is 176 cm³/mol. The Labute approximate surface area is 300 Å². The number of aliphatic hydroxyl groups excluding tert-OH is 2. The first kappa shape index (κ1) is 47.9. The molecule has 1 amide bonds. The molecule has 256 valence electrons. The summed E-state index contributed by atoms with van der Waals surface area (Å²) in [7, 11) is 0. The Kier molecular flexibility index (Phi) is 33.1. The molecule has 12 nitrogen and oxygen atoms in total. The van der Waals surface area contributed by atoms with Gasteiger partial charge in [-0.25, -0.2) is 0 Å². The number of allylic oxidation sites excluding steroid dienone is 2. The number of aliphatic carboxylic acids is 2. The molecule has 0 spiro atoms. The summed E-state index contributed by atoms with van der Waals surface area (Å²) in [6, 6.07) is -1.52. The zero-order valence-corrected chi connectivity index (χ0v) is 30.7. The molecule has 0 aliphatic carbocycles. The third kappa shape index (κ3) is 29.6. The molecule has 0 fully saturated rings. The number of hydrogen-bond donors (Lipinski definition) is 4. The van der Waals surface area contributed by atoms with Crippen LogP contribution in [0.15, 0.2) is 29.3 Å². The van der Waals surface area contributed by atoms with Gasteiger partial charge >= 0.3 is 43.7 Å². The van der Waals surface area contributed by atoms with Gasteiger partial charge in [-0.3, -0.25) is 19.4 Å². The number of nitrogens with zero attached hydrogens (tertiary/aromatic N) is 3. The SMILES string of the molecule is CCCC/C=C/CC(=O)NCCN(CC(C)O)C(C)C(=O)O.CCCC/C=C/CC([O-])=NCCN(CC(C)O)C(C)C(=O)[O-].[Ca+2]. The van der Waals surface area contributed by atoms with Crippen molar-refractivity contribution in [1.29, 1.82) is 0 Å². The van der Waals surface area contributed by atoms with Crippen molar-refractivity contribution in [2.75, 3.05) is 39.3 Å². The van der Waals surface area contributed by atoms with Crippen LogP contribution in [0.25, 0.3) is 0 Å². The number of carbonyl (C=O) groups is 3. The molecule has 0 aliphatic rings. The first-order valence-corrected chi connectivity index (χ1v) is 15.8. The second kappa shape index (κ2) is 31.1. The van der Waals surface area contributed by atoms with Crippen LogP contribution < -0.4 is 15.5 Å². The summed E-state index contributed by atoms with van der Waals surface area (Å²) in [6.07, 6.45) is 13.5. The number of rotatable bonds is 24. The van der Waals surface area contributed by atoms with E-state index in [1.54, 1.807) is 30.6 Å². The molecule has 0 aromatic carbocycles. The third-order valence-corrected chi connectivity index (χ3v) is 6.57. The Morgan fingerprint density at radius 2 is 1.29 bits per heavy atom. The summed E-state index contributed by atoms with van der Waals surface area (Å²) in [5.41, 5.74) is 0. The number of carbonyl (C=O) groups excluding carboxylic acids is 2. The van der Waals surface area contributed by atoms with Gasteiger partial charge in [-0.05, 0) is 52.9 Å². The van der Waals surface area contributed by atoms with E-state index in [-0.39, 0.29) is 75.6 Å². The molecule has 13 heteroatoms. The summed E-state index contributed by atoms with van der Waals surface area (Å²) in [5, 5.41) is 53.1. The van der Waals surface area contributed by atoms with E-state index in [4.69, 9.17) is 5.11 Å². The molecule has 4 atom stereocenters.